The Labute approximate surface area is 473 Å². The van der Waals surface area contributed by atoms with Gasteiger partial charge in [0.2, 0.25) is 0 Å². The molecule has 6 atom stereocenters. The maximum atomic E-state index is 12.9. The Kier molecular flexibility index (Phi) is 49.5. The summed E-state index contributed by atoms with van der Waals surface area (Å²) in [6.07, 6.45) is 29.8. The van der Waals surface area contributed by atoms with Crippen LogP contribution in [0.2, 0.25) is 0 Å². The Morgan fingerprint density at radius 1 is 0.372 bits per heavy atom. The molecule has 0 heterocycles. The summed E-state index contributed by atoms with van der Waals surface area (Å²) in [6, 6.07) is 0. The van der Waals surface area contributed by atoms with Crippen molar-refractivity contribution in [2.45, 2.75) is 298 Å². The molecule has 0 aromatic carbocycles. The van der Waals surface area contributed by atoms with Crippen molar-refractivity contribution >= 4 is 39.5 Å². The Balaban J connectivity index is 5.20. The minimum Gasteiger partial charge on any atom is -0.462 e. The van der Waals surface area contributed by atoms with Gasteiger partial charge in [-0.3, -0.25) is 37.3 Å². The summed E-state index contributed by atoms with van der Waals surface area (Å²) in [5.74, 6) is 0.0267. The van der Waals surface area contributed by atoms with Crippen LogP contribution < -0.4 is 0 Å². The van der Waals surface area contributed by atoms with E-state index in [1.807, 2.05) is 0 Å². The Hall–Kier alpha value is -1.94. The van der Waals surface area contributed by atoms with Crippen LogP contribution in [-0.4, -0.2) is 96.7 Å². The normalized spacial score (nSPS) is 14.9. The van der Waals surface area contributed by atoms with Crippen molar-refractivity contribution in [3.8, 4) is 0 Å². The number of carbonyl (C=O) groups excluding carboxylic acids is 4. The quantitative estimate of drug-likeness (QED) is 0.0222. The van der Waals surface area contributed by atoms with Crippen molar-refractivity contribution in [1.82, 2.24) is 0 Å². The SMILES string of the molecule is CCCCCCCC(=O)OC[C@H](COP(=O)(O)OC[C@H](O)COP(=O)(O)OC[C@@H](COC(=O)CCCCCCCCCCC(C)C)OC(=O)CCCCCCCCCCCC(C)C)OC(=O)CCCCCCCCC(C)CC. The molecular weight excluding hydrogens is 1040 g/mol. The second-order valence-electron chi connectivity index (χ2n) is 22.6. The van der Waals surface area contributed by atoms with Gasteiger partial charge in [-0.2, -0.15) is 0 Å². The standard InChI is InChI=1S/C59H114O17P2/c1-8-10-11-23-33-40-56(61)69-46-54(76-59(64)43-36-29-22-21-26-32-39-52(7)9-2)48-73-77(65,66)71-44-53(60)45-72-78(67,68)74-49-55(47-70-57(62)41-34-27-19-16-15-18-25-31-38-51(5)6)75-58(63)42-35-28-20-14-12-13-17-24-30-37-50(3)4/h50-55,60H,8-49H2,1-7H3,(H,65,66)(H,67,68)/t52?,53-,54+,55+/m0/s1. The number of rotatable bonds is 57. The fraction of sp³-hybridized carbons (Fsp3) is 0.932. The molecule has 0 amide bonds. The molecule has 3 N–H and O–H groups in total. The van der Waals surface area contributed by atoms with E-state index in [0.29, 0.717) is 25.7 Å². The fourth-order valence-electron chi connectivity index (χ4n) is 8.56. The Bertz CT molecular complexity index is 1560. The molecule has 0 aliphatic heterocycles. The van der Waals surface area contributed by atoms with Gasteiger partial charge in [-0.15, -0.1) is 0 Å². The molecule has 0 rings (SSSR count). The minimum atomic E-state index is -4.94. The highest BCUT2D eigenvalue weighted by Gasteiger charge is 2.30. The third kappa shape index (κ3) is 52.2. The molecule has 3 unspecified atom stereocenters. The number of hydrogen-bond donors (Lipinski definition) is 3. The minimum absolute atomic E-state index is 0.101. The van der Waals surface area contributed by atoms with E-state index in [2.05, 4.69) is 48.5 Å². The van der Waals surface area contributed by atoms with Crippen LogP contribution in [0.4, 0.5) is 0 Å². The second-order valence-corrected chi connectivity index (χ2v) is 25.5. The molecule has 0 aliphatic rings. The lowest BCUT2D eigenvalue weighted by atomic mass is 10.00. The summed E-state index contributed by atoms with van der Waals surface area (Å²) in [6.45, 7) is 11.6. The lowest BCUT2D eigenvalue weighted by molar-refractivity contribution is -0.161. The Morgan fingerprint density at radius 3 is 0.974 bits per heavy atom. The zero-order valence-corrected chi connectivity index (χ0v) is 51.9. The molecular formula is C59H114O17P2. The van der Waals surface area contributed by atoms with E-state index >= 15 is 0 Å². The first kappa shape index (κ1) is 76.1. The van der Waals surface area contributed by atoms with Crippen molar-refractivity contribution in [1.29, 1.82) is 0 Å². The smallest absolute Gasteiger partial charge is 0.462 e. The van der Waals surface area contributed by atoms with Crippen LogP contribution >= 0.6 is 15.6 Å². The highest BCUT2D eigenvalue weighted by atomic mass is 31.2. The molecule has 0 spiro atoms. The van der Waals surface area contributed by atoms with Crippen molar-refractivity contribution in [3.05, 3.63) is 0 Å². The van der Waals surface area contributed by atoms with Crippen LogP contribution in [-0.2, 0) is 65.4 Å². The number of unbranched alkanes of at least 4 members (excludes halogenated alkanes) is 24. The maximum Gasteiger partial charge on any atom is 0.472 e. The summed E-state index contributed by atoms with van der Waals surface area (Å²) in [5.41, 5.74) is 0. The zero-order valence-electron chi connectivity index (χ0n) is 50.1. The largest absolute Gasteiger partial charge is 0.472 e. The van der Waals surface area contributed by atoms with Crippen LogP contribution in [0.15, 0.2) is 0 Å². The number of aliphatic hydroxyl groups is 1. The van der Waals surface area contributed by atoms with Crippen LogP contribution in [0.25, 0.3) is 0 Å². The summed E-state index contributed by atoms with van der Waals surface area (Å²) in [7, 11) is -9.87. The number of hydrogen-bond acceptors (Lipinski definition) is 15. The maximum absolute atomic E-state index is 12.9. The van der Waals surface area contributed by atoms with Crippen molar-refractivity contribution in [2.24, 2.45) is 17.8 Å². The van der Waals surface area contributed by atoms with E-state index in [1.54, 1.807) is 0 Å². The average molecular weight is 1160 g/mol. The van der Waals surface area contributed by atoms with Gasteiger partial charge >= 0.3 is 39.5 Å². The zero-order chi connectivity index (χ0) is 58.1. The molecule has 0 aromatic rings. The van der Waals surface area contributed by atoms with Crippen molar-refractivity contribution < 1.29 is 80.2 Å². The third-order valence-electron chi connectivity index (χ3n) is 13.7. The van der Waals surface area contributed by atoms with Crippen LogP contribution in [0.1, 0.15) is 280 Å². The summed E-state index contributed by atoms with van der Waals surface area (Å²) < 4.78 is 67.6. The van der Waals surface area contributed by atoms with Crippen LogP contribution in [0.5, 0.6) is 0 Å². The van der Waals surface area contributed by atoms with Gasteiger partial charge in [0, 0.05) is 25.7 Å². The summed E-state index contributed by atoms with van der Waals surface area (Å²) >= 11 is 0. The molecule has 0 saturated carbocycles. The molecule has 17 nitrogen and oxygen atoms in total. The molecule has 0 aliphatic carbocycles. The van der Waals surface area contributed by atoms with Gasteiger partial charge in [0.1, 0.15) is 19.3 Å². The first-order valence-electron chi connectivity index (χ1n) is 30.9. The fourth-order valence-corrected chi connectivity index (χ4v) is 10.1. The number of phosphoric acid groups is 2. The molecule has 78 heavy (non-hydrogen) atoms. The molecule has 0 radical (unpaired) electrons. The van der Waals surface area contributed by atoms with Gasteiger partial charge in [0.15, 0.2) is 12.2 Å². The van der Waals surface area contributed by atoms with Gasteiger partial charge in [-0.25, -0.2) is 9.13 Å². The van der Waals surface area contributed by atoms with Crippen molar-refractivity contribution in [2.75, 3.05) is 39.6 Å². The lowest BCUT2D eigenvalue weighted by Crippen LogP contribution is -2.30. The van der Waals surface area contributed by atoms with E-state index in [-0.39, 0.29) is 25.7 Å². The van der Waals surface area contributed by atoms with E-state index in [1.165, 1.54) is 83.5 Å². The molecule has 19 heteroatoms. The van der Waals surface area contributed by atoms with Crippen molar-refractivity contribution in [3.63, 3.8) is 0 Å². The van der Waals surface area contributed by atoms with Gasteiger partial charge in [0.25, 0.3) is 0 Å². The predicted molar refractivity (Wildman–Crippen MR) is 308 cm³/mol. The number of phosphoric ester groups is 2. The number of aliphatic hydroxyl groups excluding tert-OH is 1. The van der Waals surface area contributed by atoms with Gasteiger partial charge in [0.05, 0.1) is 26.4 Å². The van der Waals surface area contributed by atoms with Gasteiger partial charge in [-0.05, 0) is 43.4 Å². The Morgan fingerprint density at radius 2 is 0.654 bits per heavy atom. The van der Waals surface area contributed by atoms with Gasteiger partial charge in [-0.1, -0.05) is 228 Å². The van der Waals surface area contributed by atoms with Gasteiger partial charge < -0.3 is 33.8 Å². The lowest BCUT2D eigenvalue weighted by Gasteiger charge is -2.21. The predicted octanol–water partition coefficient (Wildman–Crippen LogP) is 15.6. The average Bonchev–Trinajstić information content (AvgIpc) is 3.39. The van der Waals surface area contributed by atoms with E-state index < -0.39 is 97.5 Å². The second kappa shape index (κ2) is 50.8. The topological polar surface area (TPSA) is 237 Å². The highest BCUT2D eigenvalue weighted by molar-refractivity contribution is 7.47. The number of ether oxygens (including phenoxy) is 4. The first-order chi connectivity index (χ1) is 37.3. The van der Waals surface area contributed by atoms with E-state index in [9.17, 15) is 43.2 Å². The summed E-state index contributed by atoms with van der Waals surface area (Å²) in [4.78, 5) is 71.7. The first-order valence-corrected chi connectivity index (χ1v) is 33.9. The molecule has 0 fully saturated rings. The summed E-state index contributed by atoms with van der Waals surface area (Å²) in [5, 5.41) is 10.5. The van der Waals surface area contributed by atoms with E-state index in [4.69, 9.17) is 37.0 Å². The monoisotopic (exact) mass is 1160 g/mol. The van der Waals surface area contributed by atoms with E-state index in [0.717, 1.165) is 114 Å². The highest BCUT2D eigenvalue weighted by Crippen LogP contribution is 2.45. The van der Waals surface area contributed by atoms with Crippen LogP contribution in [0, 0.1) is 17.8 Å². The number of esters is 4. The molecule has 462 valence electrons. The molecule has 0 bridgehead atoms. The number of carbonyl (C=O) groups is 4. The molecule has 0 saturated heterocycles. The molecule has 0 aromatic heterocycles. The van der Waals surface area contributed by atoms with Crippen LogP contribution in [0.3, 0.4) is 0 Å². The third-order valence-corrected chi connectivity index (χ3v) is 15.6.